The van der Waals surface area contributed by atoms with Crippen molar-refractivity contribution < 1.29 is 14.3 Å². The van der Waals surface area contributed by atoms with Gasteiger partial charge >= 0.3 is 0 Å². The van der Waals surface area contributed by atoms with Gasteiger partial charge in [0.15, 0.2) is 17.3 Å². The zero-order chi connectivity index (χ0) is 27.6. The van der Waals surface area contributed by atoms with Gasteiger partial charge in [0, 0.05) is 33.5 Å². The van der Waals surface area contributed by atoms with E-state index in [2.05, 4.69) is 5.32 Å². The van der Waals surface area contributed by atoms with Crippen LogP contribution in [-0.4, -0.2) is 27.7 Å². The minimum atomic E-state index is -0.430. The maximum atomic E-state index is 13.2. The van der Waals surface area contributed by atoms with Crippen LogP contribution in [0.25, 0.3) is 0 Å². The van der Waals surface area contributed by atoms with E-state index in [0.29, 0.717) is 51.4 Å². The maximum Gasteiger partial charge on any atom is 0.227 e. The second-order valence-electron chi connectivity index (χ2n) is 9.56. The van der Waals surface area contributed by atoms with Crippen molar-refractivity contribution in [1.29, 1.82) is 0 Å². The summed E-state index contributed by atoms with van der Waals surface area (Å²) in [5.41, 5.74) is 4.51. The third-order valence-corrected chi connectivity index (χ3v) is 8.48. The first-order chi connectivity index (χ1) is 19.5. The molecule has 0 saturated carbocycles. The SMILES string of the molecule is COc1cc(C2C3=C(CCCC3=O)Nc3nc(SCc4ccccc4Cl)nn32)ccc1OCc1ccc(Cl)cc1. The summed E-state index contributed by atoms with van der Waals surface area (Å²) in [6.07, 6.45) is 2.10. The number of hydrogen-bond donors (Lipinski definition) is 1. The topological polar surface area (TPSA) is 78.3 Å². The Kier molecular flexibility index (Phi) is 7.74. The Bertz CT molecular complexity index is 1600. The highest BCUT2D eigenvalue weighted by Gasteiger charge is 2.37. The molecule has 1 atom stereocenters. The monoisotopic (exact) mass is 592 g/mol. The minimum Gasteiger partial charge on any atom is -0.493 e. The molecule has 40 heavy (non-hydrogen) atoms. The molecule has 0 saturated heterocycles. The first kappa shape index (κ1) is 26.7. The molecule has 0 radical (unpaired) electrons. The van der Waals surface area contributed by atoms with Crippen LogP contribution < -0.4 is 14.8 Å². The second-order valence-corrected chi connectivity index (χ2v) is 11.4. The highest BCUT2D eigenvalue weighted by Crippen LogP contribution is 2.43. The Morgan fingerprint density at radius 2 is 1.88 bits per heavy atom. The zero-order valence-corrected chi connectivity index (χ0v) is 24.0. The highest BCUT2D eigenvalue weighted by molar-refractivity contribution is 7.98. The van der Waals surface area contributed by atoms with Crippen LogP contribution in [0.2, 0.25) is 10.0 Å². The fourth-order valence-electron chi connectivity index (χ4n) is 4.98. The lowest BCUT2D eigenvalue weighted by molar-refractivity contribution is -0.116. The Morgan fingerprint density at radius 1 is 1.05 bits per heavy atom. The third-order valence-electron chi connectivity index (χ3n) is 6.97. The van der Waals surface area contributed by atoms with Gasteiger partial charge in [-0.3, -0.25) is 4.79 Å². The molecule has 1 N–H and O–H groups in total. The molecule has 10 heteroatoms. The third kappa shape index (κ3) is 5.44. The second kappa shape index (κ2) is 11.6. The number of benzene rings is 3. The molecule has 2 heterocycles. The van der Waals surface area contributed by atoms with Crippen LogP contribution in [0.1, 0.15) is 42.0 Å². The molecule has 6 rings (SSSR count). The normalized spacial score (nSPS) is 16.3. The number of methoxy groups -OCH3 is 1. The van der Waals surface area contributed by atoms with Crippen LogP contribution in [0.5, 0.6) is 11.5 Å². The molecule has 0 bridgehead atoms. The van der Waals surface area contributed by atoms with E-state index in [4.69, 9.17) is 42.8 Å². The number of aromatic nitrogens is 3. The molecule has 4 aromatic rings. The van der Waals surface area contributed by atoms with Crippen molar-refractivity contribution in [2.45, 2.75) is 42.8 Å². The van der Waals surface area contributed by atoms with Crippen LogP contribution in [0.4, 0.5) is 5.95 Å². The summed E-state index contributed by atoms with van der Waals surface area (Å²) in [5.74, 6) is 2.54. The Balaban J connectivity index is 1.31. The van der Waals surface area contributed by atoms with Crippen LogP contribution in [0.15, 0.2) is 83.2 Å². The fourth-order valence-corrected chi connectivity index (χ4v) is 6.22. The number of halogens is 2. The smallest absolute Gasteiger partial charge is 0.227 e. The van der Waals surface area contributed by atoms with Gasteiger partial charge < -0.3 is 14.8 Å². The molecular formula is C30H26Cl2N4O3S. The van der Waals surface area contributed by atoms with Crippen LogP contribution >= 0.6 is 35.0 Å². The van der Waals surface area contributed by atoms with Gasteiger partial charge in [-0.25, -0.2) is 4.68 Å². The number of Topliss-reactive ketones (excluding diaryl/α,β-unsaturated/α-hetero) is 1. The fraction of sp³-hybridized carbons (Fsp3) is 0.233. The van der Waals surface area contributed by atoms with Gasteiger partial charge in [-0.15, -0.1) is 5.10 Å². The zero-order valence-electron chi connectivity index (χ0n) is 21.7. The van der Waals surface area contributed by atoms with Gasteiger partial charge in [0.1, 0.15) is 12.6 Å². The van der Waals surface area contributed by atoms with Crippen molar-refractivity contribution in [2.24, 2.45) is 0 Å². The summed E-state index contributed by atoms with van der Waals surface area (Å²) >= 11 is 13.9. The van der Waals surface area contributed by atoms with E-state index < -0.39 is 6.04 Å². The number of nitrogens with zero attached hydrogens (tertiary/aromatic N) is 3. The molecule has 1 unspecified atom stereocenters. The lowest BCUT2D eigenvalue weighted by atomic mass is 9.85. The molecule has 1 aromatic heterocycles. The Labute approximate surface area is 246 Å². The maximum absolute atomic E-state index is 13.2. The van der Waals surface area contributed by atoms with Gasteiger partial charge in [0.25, 0.3) is 0 Å². The molecule has 1 aliphatic carbocycles. The van der Waals surface area contributed by atoms with Gasteiger partial charge in [-0.1, -0.05) is 71.4 Å². The van der Waals surface area contributed by atoms with Crippen molar-refractivity contribution >= 4 is 46.7 Å². The van der Waals surface area contributed by atoms with Gasteiger partial charge in [0.2, 0.25) is 11.1 Å². The number of hydrogen-bond acceptors (Lipinski definition) is 7. The number of fused-ring (bicyclic) bond motifs is 1. The number of thioether (sulfide) groups is 1. The van der Waals surface area contributed by atoms with Crippen LogP contribution in [0, 0.1) is 0 Å². The number of ether oxygens (including phenoxy) is 2. The lowest BCUT2D eigenvalue weighted by Crippen LogP contribution is -2.31. The first-order valence-corrected chi connectivity index (χ1v) is 14.7. The Morgan fingerprint density at radius 3 is 2.67 bits per heavy atom. The van der Waals surface area contributed by atoms with Crippen LogP contribution in [0.3, 0.4) is 0 Å². The number of allylic oxidation sites excluding steroid dienone is 2. The highest BCUT2D eigenvalue weighted by atomic mass is 35.5. The van der Waals surface area contributed by atoms with Gasteiger partial charge in [-0.2, -0.15) is 4.98 Å². The molecule has 0 fully saturated rings. The van der Waals surface area contributed by atoms with Crippen molar-refractivity contribution in [3.63, 3.8) is 0 Å². The number of carbonyl (C=O) groups is 1. The molecule has 3 aromatic carbocycles. The van der Waals surface area contributed by atoms with E-state index in [1.807, 2.05) is 66.7 Å². The first-order valence-electron chi connectivity index (χ1n) is 12.9. The number of rotatable bonds is 8. The molecule has 204 valence electrons. The largest absolute Gasteiger partial charge is 0.493 e. The summed E-state index contributed by atoms with van der Waals surface area (Å²) in [4.78, 5) is 18.0. The van der Waals surface area contributed by atoms with Gasteiger partial charge in [0.05, 0.1) is 7.11 Å². The number of ketones is 1. The molecule has 1 aliphatic heterocycles. The summed E-state index contributed by atoms with van der Waals surface area (Å²) in [6, 6.07) is 20.6. The van der Waals surface area contributed by atoms with E-state index >= 15 is 0 Å². The molecule has 0 spiro atoms. The van der Waals surface area contributed by atoms with E-state index in [1.54, 1.807) is 11.8 Å². The molecule has 0 amide bonds. The van der Waals surface area contributed by atoms with Crippen molar-refractivity contribution in [3.8, 4) is 11.5 Å². The van der Waals surface area contributed by atoms with E-state index in [1.165, 1.54) is 11.8 Å². The van der Waals surface area contributed by atoms with Gasteiger partial charge in [-0.05, 0) is 59.9 Å². The van der Waals surface area contributed by atoms with E-state index in [9.17, 15) is 4.79 Å². The van der Waals surface area contributed by atoms with E-state index in [-0.39, 0.29) is 5.78 Å². The number of carbonyl (C=O) groups excluding carboxylic acids is 1. The van der Waals surface area contributed by atoms with Crippen molar-refractivity contribution in [2.75, 3.05) is 12.4 Å². The van der Waals surface area contributed by atoms with E-state index in [0.717, 1.165) is 40.8 Å². The summed E-state index contributed by atoms with van der Waals surface area (Å²) in [7, 11) is 1.61. The number of nitrogens with one attached hydrogen (secondary N) is 1. The summed E-state index contributed by atoms with van der Waals surface area (Å²) in [5, 5.41) is 10.2. The molecular weight excluding hydrogens is 567 g/mol. The predicted molar refractivity (Wildman–Crippen MR) is 157 cm³/mol. The average Bonchev–Trinajstić information content (AvgIpc) is 3.38. The quantitative estimate of drug-likeness (QED) is 0.212. The molecule has 2 aliphatic rings. The summed E-state index contributed by atoms with van der Waals surface area (Å²) < 4.78 is 13.6. The Hall–Kier alpha value is -3.46. The molecule has 7 nitrogen and oxygen atoms in total. The van der Waals surface area contributed by atoms with Crippen LogP contribution in [-0.2, 0) is 17.2 Å². The summed E-state index contributed by atoms with van der Waals surface area (Å²) in [6.45, 7) is 0.368. The predicted octanol–water partition coefficient (Wildman–Crippen LogP) is 7.49. The lowest BCUT2D eigenvalue weighted by Gasteiger charge is -2.32. The minimum absolute atomic E-state index is 0.118. The standard InChI is InChI=1S/C30H26Cl2N4O3S/c1-38-26-15-19(11-14-25(26)39-16-18-9-12-21(31)13-10-18)28-27-23(7-4-8-24(27)37)33-29-34-30(35-36(28)29)40-17-20-5-2-3-6-22(20)32/h2-3,5-6,9-15,28H,4,7-8,16-17H2,1H3,(H,33,34,35). The average molecular weight is 594 g/mol. The number of anilines is 1. The van der Waals surface area contributed by atoms with Crippen molar-refractivity contribution in [3.05, 3.63) is 105 Å². The van der Waals surface area contributed by atoms with Crippen molar-refractivity contribution in [1.82, 2.24) is 14.8 Å².